The summed E-state index contributed by atoms with van der Waals surface area (Å²) in [6.07, 6.45) is 4.17. The lowest BCUT2D eigenvalue weighted by molar-refractivity contribution is 0.210. The highest BCUT2D eigenvalue weighted by Crippen LogP contribution is 2.23. The minimum Gasteiger partial charge on any atom is -0.316 e. The van der Waals surface area contributed by atoms with Gasteiger partial charge in [0.25, 0.3) is 0 Å². The van der Waals surface area contributed by atoms with Crippen molar-refractivity contribution in [2.24, 2.45) is 5.92 Å². The van der Waals surface area contributed by atoms with Gasteiger partial charge in [-0.05, 0) is 46.2 Å². The maximum atomic E-state index is 3.35. The average molecular weight is 198 g/mol. The molecule has 0 radical (unpaired) electrons. The van der Waals surface area contributed by atoms with Crippen LogP contribution in [-0.4, -0.2) is 37.1 Å². The first-order valence-corrected chi connectivity index (χ1v) is 6.10. The summed E-state index contributed by atoms with van der Waals surface area (Å²) < 4.78 is 0. The Labute approximate surface area is 89.1 Å². The van der Waals surface area contributed by atoms with Crippen LogP contribution in [0.25, 0.3) is 0 Å². The van der Waals surface area contributed by atoms with E-state index in [2.05, 4.69) is 38.0 Å². The van der Waals surface area contributed by atoms with E-state index < -0.39 is 0 Å². The maximum absolute atomic E-state index is 3.35. The standard InChI is InChI=1S/C12H26N2/c1-5-6-12-7-8-14(9-12)11(3)10(2)13-4/h10-13H,5-9H2,1-4H3. The van der Waals surface area contributed by atoms with Crippen molar-refractivity contribution in [2.45, 2.75) is 52.1 Å². The molecule has 1 rings (SSSR count). The van der Waals surface area contributed by atoms with E-state index >= 15 is 0 Å². The molecular formula is C12H26N2. The molecule has 0 aromatic carbocycles. The van der Waals surface area contributed by atoms with E-state index in [9.17, 15) is 0 Å². The Kier molecular flexibility index (Phi) is 4.90. The normalized spacial score (nSPS) is 27.9. The van der Waals surface area contributed by atoms with Crippen LogP contribution in [0.5, 0.6) is 0 Å². The van der Waals surface area contributed by atoms with Gasteiger partial charge in [0.2, 0.25) is 0 Å². The number of hydrogen-bond donors (Lipinski definition) is 1. The number of rotatable bonds is 5. The number of nitrogens with zero attached hydrogens (tertiary/aromatic N) is 1. The zero-order valence-corrected chi connectivity index (χ0v) is 10.2. The summed E-state index contributed by atoms with van der Waals surface area (Å²) in [7, 11) is 2.06. The third kappa shape index (κ3) is 2.96. The summed E-state index contributed by atoms with van der Waals surface area (Å²) in [6, 6.07) is 1.29. The van der Waals surface area contributed by atoms with Crippen LogP contribution in [0.15, 0.2) is 0 Å². The van der Waals surface area contributed by atoms with Crippen molar-refractivity contribution in [1.82, 2.24) is 10.2 Å². The Balaban J connectivity index is 2.33. The van der Waals surface area contributed by atoms with Crippen molar-refractivity contribution in [3.05, 3.63) is 0 Å². The number of hydrogen-bond acceptors (Lipinski definition) is 2. The topological polar surface area (TPSA) is 15.3 Å². The highest BCUT2D eigenvalue weighted by Gasteiger charge is 2.27. The van der Waals surface area contributed by atoms with Crippen LogP contribution in [0.2, 0.25) is 0 Å². The third-order valence-electron chi connectivity index (χ3n) is 3.77. The molecule has 3 unspecified atom stereocenters. The first kappa shape index (κ1) is 12.0. The van der Waals surface area contributed by atoms with Crippen LogP contribution < -0.4 is 5.32 Å². The first-order chi connectivity index (χ1) is 6.69. The van der Waals surface area contributed by atoms with Crippen molar-refractivity contribution in [3.63, 3.8) is 0 Å². The Bertz CT molecular complexity index is 158. The summed E-state index contributed by atoms with van der Waals surface area (Å²) in [5, 5.41) is 3.35. The van der Waals surface area contributed by atoms with Gasteiger partial charge in [0.15, 0.2) is 0 Å². The lowest BCUT2D eigenvalue weighted by atomic mass is 10.0. The maximum Gasteiger partial charge on any atom is 0.0218 e. The lowest BCUT2D eigenvalue weighted by Gasteiger charge is -2.29. The molecule has 1 fully saturated rings. The van der Waals surface area contributed by atoms with Gasteiger partial charge in [-0.25, -0.2) is 0 Å². The molecule has 0 aromatic heterocycles. The largest absolute Gasteiger partial charge is 0.316 e. The van der Waals surface area contributed by atoms with E-state index in [4.69, 9.17) is 0 Å². The van der Waals surface area contributed by atoms with Gasteiger partial charge in [0.05, 0.1) is 0 Å². The Morgan fingerprint density at radius 1 is 1.43 bits per heavy atom. The zero-order valence-electron chi connectivity index (χ0n) is 10.2. The van der Waals surface area contributed by atoms with E-state index in [1.807, 2.05) is 0 Å². The van der Waals surface area contributed by atoms with Gasteiger partial charge in [0.1, 0.15) is 0 Å². The minimum atomic E-state index is 0.607. The van der Waals surface area contributed by atoms with Crippen LogP contribution in [0.3, 0.4) is 0 Å². The molecule has 1 N–H and O–H groups in total. The molecule has 0 aromatic rings. The third-order valence-corrected chi connectivity index (χ3v) is 3.77. The molecule has 0 amide bonds. The summed E-state index contributed by atoms with van der Waals surface area (Å²) in [5.74, 6) is 0.964. The second kappa shape index (κ2) is 5.72. The molecule has 2 nitrogen and oxygen atoms in total. The first-order valence-electron chi connectivity index (χ1n) is 6.10. The highest BCUT2D eigenvalue weighted by atomic mass is 15.2. The molecule has 3 atom stereocenters. The smallest absolute Gasteiger partial charge is 0.0218 e. The SMILES string of the molecule is CCCC1CCN(C(C)C(C)NC)C1. The van der Waals surface area contributed by atoms with E-state index in [-0.39, 0.29) is 0 Å². The molecule has 0 aliphatic carbocycles. The lowest BCUT2D eigenvalue weighted by Crippen LogP contribution is -2.44. The van der Waals surface area contributed by atoms with Crippen LogP contribution in [-0.2, 0) is 0 Å². The second-order valence-corrected chi connectivity index (χ2v) is 4.76. The van der Waals surface area contributed by atoms with Gasteiger partial charge < -0.3 is 5.32 Å². The molecule has 1 saturated heterocycles. The molecule has 1 heterocycles. The molecule has 1 aliphatic rings. The molecule has 0 bridgehead atoms. The van der Waals surface area contributed by atoms with Crippen LogP contribution in [0, 0.1) is 5.92 Å². The predicted molar refractivity (Wildman–Crippen MR) is 62.6 cm³/mol. The van der Waals surface area contributed by atoms with E-state index in [0.717, 1.165) is 5.92 Å². The fourth-order valence-electron chi connectivity index (χ4n) is 2.43. The number of likely N-dealkylation sites (N-methyl/N-ethyl adjacent to an activating group) is 1. The summed E-state index contributed by atoms with van der Waals surface area (Å²) in [4.78, 5) is 2.64. The van der Waals surface area contributed by atoms with Crippen LogP contribution in [0.4, 0.5) is 0 Å². The second-order valence-electron chi connectivity index (χ2n) is 4.76. The molecule has 84 valence electrons. The van der Waals surface area contributed by atoms with Crippen molar-refractivity contribution in [1.29, 1.82) is 0 Å². The number of nitrogens with one attached hydrogen (secondary N) is 1. The van der Waals surface area contributed by atoms with Gasteiger partial charge in [-0.1, -0.05) is 13.3 Å². The molecule has 0 saturated carbocycles. The molecule has 2 heteroatoms. The molecule has 0 spiro atoms. The Hall–Kier alpha value is -0.0800. The summed E-state index contributed by atoms with van der Waals surface area (Å²) in [5.41, 5.74) is 0. The van der Waals surface area contributed by atoms with Crippen molar-refractivity contribution in [3.8, 4) is 0 Å². The summed E-state index contributed by atoms with van der Waals surface area (Å²) in [6.45, 7) is 9.54. The fraction of sp³-hybridized carbons (Fsp3) is 1.00. The predicted octanol–water partition coefficient (Wildman–Crippen LogP) is 2.10. The minimum absolute atomic E-state index is 0.607. The molecule has 1 aliphatic heterocycles. The Morgan fingerprint density at radius 3 is 2.71 bits per heavy atom. The van der Waals surface area contributed by atoms with Crippen LogP contribution >= 0.6 is 0 Å². The zero-order chi connectivity index (χ0) is 10.6. The molecule has 14 heavy (non-hydrogen) atoms. The van der Waals surface area contributed by atoms with Gasteiger partial charge in [0, 0.05) is 18.6 Å². The van der Waals surface area contributed by atoms with E-state index in [1.165, 1.54) is 32.4 Å². The summed E-state index contributed by atoms with van der Waals surface area (Å²) >= 11 is 0. The van der Waals surface area contributed by atoms with Crippen LogP contribution in [0.1, 0.15) is 40.0 Å². The highest BCUT2D eigenvalue weighted by molar-refractivity contribution is 4.83. The quantitative estimate of drug-likeness (QED) is 0.728. The van der Waals surface area contributed by atoms with Gasteiger partial charge in [-0.15, -0.1) is 0 Å². The van der Waals surface area contributed by atoms with Gasteiger partial charge >= 0.3 is 0 Å². The average Bonchev–Trinajstić information content (AvgIpc) is 2.64. The van der Waals surface area contributed by atoms with Crippen molar-refractivity contribution in [2.75, 3.05) is 20.1 Å². The van der Waals surface area contributed by atoms with E-state index in [0.29, 0.717) is 12.1 Å². The van der Waals surface area contributed by atoms with Gasteiger partial charge in [-0.3, -0.25) is 4.90 Å². The van der Waals surface area contributed by atoms with Gasteiger partial charge in [-0.2, -0.15) is 0 Å². The van der Waals surface area contributed by atoms with E-state index in [1.54, 1.807) is 0 Å². The molecular weight excluding hydrogens is 172 g/mol. The van der Waals surface area contributed by atoms with Crippen molar-refractivity contribution < 1.29 is 0 Å². The monoisotopic (exact) mass is 198 g/mol. The van der Waals surface area contributed by atoms with Crippen molar-refractivity contribution >= 4 is 0 Å². The fourth-order valence-corrected chi connectivity index (χ4v) is 2.43. The Morgan fingerprint density at radius 2 is 2.14 bits per heavy atom. The number of likely N-dealkylation sites (tertiary alicyclic amines) is 1.